The number of aliphatic carboxylic acids is 1. The fourth-order valence-electron chi connectivity index (χ4n) is 6.00. The van der Waals surface area contributed by atoms with Gasteiger partial charge in [-0.3, -0.25) is 24.0 Å². The molecule has 0 aliphatic carbocycles. The zero-order valence-electron chi connectivity index (χ0n) is 29.5. The second-order valence-corrected chi connectivity index (χ2v) is 13.8. The molecular weight excluding hydrogens is 638 g/mol. The van der Waals surface area contributed by atoms with Crippen LogP contribution in [0.3, 0.4) is 0 Å². The molecule has 1 heterocycles. The van der Waals surface area contributed by atoms with Crippen molar-refractivity contribution in [3.8, 4) is 0 Å². The van der Waals surface area contributed by atoms with Crippen molar-refractivity contribution in [3.05, 3.63) is 71.8 Å². The van der Waals surface area contributed by atoms with E-state index in [1.54, 1.807) is 0 Å². The van der Waals surface area contributed by atoms with Crippen molar-refractivity contribution in [2.45, 2.75) is 101 Å². The lowest BCUT2D eigenvalue weighted by molar-refractivity contribution is -0.143. The second kappa shape index (κ2) is 19.2. The zero-order chi connectivity index (χ0) is 36.8. The van der Waals surface area contributed by atoms with Gasteiger partial charge in [0.15, 0.2) is 0 Å². The monoisotopic (exact) mass is 693 g/mol. The maximum absolute atomic E-state index is 14.0. The Balaban J connectivity index is 1.82. The number of carboxylic acids is 1. The average molecular weight is 694 g/mol. The predicted molar refractivity (Wildman–Crippen MR) is 191 cm³/mol. The molecule has 50 heavy (non-hydrogen) atoms. The first-order valence-corrected chi connectivity index (χ1v) is 17.5. The normalized spacial score (nSPS) is 18.8. The maximum Gasteiger partial charge on any atom is 0.325 e. The van der Waals surface area contributed by atoms with Crippen LogP contribution in [0.1, 0.15) is 76.3 Å². The van der Waals surface area contributed by atoms with Gasteiger partial charge in [0.1, 0.15) is 23.7 Å². The molecule has 274 valence electrons. The lowest BCUT2D eigenvalue weighted by atomic mass is 9.93. The molecule has 3 rings (SSSR count). The minimum absolute atomic E-state index is 0.0902. The van der Waals surface area contributed by atoms with Crippen molar-refractivity contribution >= 4 is 29.6 Å². The molecule has 10 N–H and O–H groups in total. The Morgan fingerprint density at radius 2 is 1.38 bits per heavy atom. The summed E-state index contributed by atoms with van der Waals surface area (Å²) in [5.41, 5.74) is 18.2. The van der Waals surface area contributed by atoms with Crippen LogP contribution >= 0.6 is 0 Å². The number of unbranched alkanes of at least 4 members (excludes halogenated alkanes) is 1. The number of likely N-dealkylation sites (tertiary alicyclic amines) is 1. The average Bonchev–Trinajstić information content (AvgIpc) is 3.52. The molecule has 0 saturated carbocycles. The largest absolute Gasteiger partial charge is 0.480 e. The highest BCUT2D eigenvalue weighted by Gasteiger charge is 2.44. The highest BCUT2D eigenvalue weighted by molar-refractivity contribution is 5.95. The van der Waals surface area contributed by atoms with E-state index in [4.69, 9.17) is 17.2 Å². The molecule has 2 aromatic rings. The summed E-state index contributed by atoms with van der Waals surface area (Å²) in [6.07, 6.45) is 2.57. The molecule has 0 spiro atoms. The van der Waals surface area contributed by atoms with Crippen molar-refractivity contribution in [2.75, 3.05) is 19.6 Å². The van der Waals surface area contributed by atoms with Gasteiger partial charge in [0.25, 0.3) is 0 Å². The molecule has 1 fully saturated rings. The van der Waals surface area contributed by atoms with Crippen molar-refractivity contribution in [1.82, 2.24) is 20.9 Å². The number of nitrogens with zero attached hydrogens (tertiary/aromatic N) is 1. The number of nitrogens with two attached hydrogens (primary N) is 3. The fourth-order valence-corrected chi connectivity index (χ4v) is 6.00. The summed E-state index contributed by atoms with van der Waals surface area (Å²) in [7, 11) is 0. The molecule has 1 unspecified atom stereocenters. The van der Waals surface area contributed by atoms with Gasteiger partial charge in [-0.25, -0.2) is 0 Å². The number of amides is 4. The Morgan fingerprint density at radius 3 is 1.96 bits per heavy atom. The summed E-state index contributed by atoms with van der Waals surface area (Å²) < 4.78 is 0. The standard InChI is InChI=1S/C37H55N7O6/c1-24(2)17-18-28(32(45)42-29(16-10-11-20-38)35(48)44-21-19-37(40,23-44)36(49)50)41-33(46)30(22-26-12-6-4-7-13-26)43-34(47)31(39)25(3)27-14-8-5-9-15-27/h4-9,12-15,24-25,28-31H,10-11,16-23,38-40H2,1-3H3,(H,41,46)(H,42,45)(H,43,47)(H,49,50)/t25-,28-,29-,30-,31-,37?/m1/s1. The molecule has 2 aromatic carbocycles. The molecular formula is C37H55N7O6. The van der Waals surface area contributed by atoms with E-state index in [9.17, 15) is 29.1 Å². The first-order chi connectivity index (χ1) is 23.7. The Kier molecular flexibility index (Phi) is 15.4. The van der Waals surface area contributed by atoms with Gasteiger partial charge in [-0.2, -0.15) is 0 Å². The smallest absolute Gasteiger partial charge is 0.325 e. The summed E-state index contributed by atoms with van der Waals surface area (Å²) in [5.74, 6) is -3.38. The Hall–Kier alpha value is -4.33. The Bertz CT molecular complexity index is 1430. The van der Waals surface area contributed by atoms with Gasteiger partial charge in [0, 0.05) is 25.4 Å². The van der Waals surface area contributed by atoms with Gasteiger partial charge in [0.2, 0.25) is 23.6 Å². The van der Waals surface area contributed by atoms with Crippen LogP contribution in [-0.4, -0.2) is 88.9 Å². The first-order valence-electron chi connectivity index (χ1n) is 17.5. The number of nitrogens with one attached hydrogen (secondary N) is 3. The zero-order valence-corrected chi connectivity index (χ0v) is 29.5. The fraction of sp³-hybridized carbons (Fsp3) is 0.541. The van der Waals surface area contributed by atoms with Gasteiger partial charge in [0.05, 0.1) is 6.04 Å². The van der Waals surface area contributed by atoms with E-state index in [0.717, 1.165) is 11.1 Å². The molecule has 13 heteroatoms. The van der Waals surface area contributed by atoms with Gasteiger partial charge in [-0.05, 0) is 62.1 Å². The number of carbonyl (C=O) groups excluding carboxylic acids is 4. The van der Waals surface area contributed by atoms with Crippen LogP contribution in [0.2, 0.25) is 0 Å². The van der Waals surface area contributed by atoms with Gasteiger partial charge in [-0.15, -0.1) is 0 Å². The SMILES string of the molecule is CC(C)CC[C@@H](NC(=O)[C@@H](Cc1ccccc1)NC(=O)[C@H](N)[C@H](C)c1ccccc1)C(=O)N[C@H](CCCCN)C(=O)N1CCC(N)(C(=O)O)C1. The number of carbonyl (C=O) groups is 5. The van der Waals surface area contributed by atoms with E-state index in [-0.39, 0.29) is 50.6 Å². The predicted octanol–water partition coefficient (Wildman–Crippen LogP) is 1.39. The molecule has 1 saturated heterocycles. The minimum atomic E-state index is -1.56. The number of hydrogen-bond acceptors (Lipinski definition) is 8. The van der Waals surface area contributed by atoms with E-state index < -0.39 is 59.3 Å². The lowest BCUT2D eigenvalue weighted by Gasteiger charge is -2.29. The van der Waals surface area contributed by atoms with Crippen LogP contribution in [0.25, 0.3) is 0 Å². The molecule has 0 radical (unpaired) electrons. The first kappa shape index (κ1) is 40.1. The van der Waals surface area contributed by atoms with Gasteiger partial charge < -0.3 is 43.2 Å². The second-order valence-electron chi connectivity index (χ2n) is 13.8. The summed E-state index contributed by atoms with van der Waals surface area (Å²) in [6.45, 7) is 6.21. The number of hydrogen-bond donors (Lipinski definition) is 7. The summed E-state index contributed by atoms with van der Waals surface area (Å²) in [6, 6.07) is 14.6. The van der Waals surface area contributed by atoms with E-state index in [1.807, 2.05) is 81.4 Å². The topological polar surface area (TPSA) is 223 Å². The quantitative estimate of drug-likeness (QED) is 0.106. The van der Waals surface area contributed by atoms with Gasteiger partial charge >= 0.3 is 5.97 Å². The van der Waals surface area contributed by atoms with E-state index in [2.05, 4.69) is 16.0 Å². The maximum atomic E-state index is 14.0. The Labute approximate surface area is 295 Å². The van der Waals surface area contributed by atoms with Crippen molar-refractivity contribution < 1.29 is 29.1 Å². The van der Waals surface area contributed by atoms with Crippen molar-refractivity contribution in [2.24, 2.45) is 23.1 Å². The minimum Gasteiger partial charge on any atom is -0.480 e. The summed E-state index contributed by atoms with van der Waals surface area (Å²) in [5, 5.41) is 18.1. The van der Waals surface area contributed by atoms with Crippen LogP contribution in [0.4, 0.5) is 0 Å². The summed E-state index contributed by atoms with van der Waals surface area (Å²) in [4.78, 5) is 68.1. The van der Waals surface area contributed by atoms with Crippen LogP contribution in [0, 0.1) is 5.92 Å². The van der Waals surface area contributed by atoms with Gasteiger partial charge in [-0.1, -0.05) is 81.4 Å². The number of rotatable bonds is 19. The molecule has 4 amide bonds. The van der Waals surface area contributed by atoms with Crippen molar-refractivity contribution in [1.29, 1.82) is 0 Å². The van der Waals surface area contributed by atoms with E-state index in [1.165, 1.54) is 4.90 Å². The van der Waals surface area contributed by atoms with Crippen molar-refractivity contribution in [3.63, 3.8) is 0 Å². The van der Waals surface area contributed by atoms with Crippen LogP contribution in [0.5, 0.6) is 0 Å². The molecule has 1 aliphatic rings. The third-order valence-electron chi connectivity index (χ3n) is 9.35. The van der Waals surface area contributed by atoms with Crippen LogP contribution in [-0.2, 0) is 30.4 Å². The summed E-state index contributed by atoms with van der Waals surface area (Å²) >= 11 is 0. The molecule has 0 bridgehead atoms. The number of carboxylic acid groups (broad SMARTS) is 1. The highest BCUT2D eigenvalue weighted by atomic mass is 16.4. The van der Waals surface area contributed by atoms with E-state index >= 15 is 0 Å². The number of benzene rings is 2. The third kappa shape index (κ3) is 11.6. The molecule has 6 atom stereocenters. The molecule has 13 nitrogen and oxygen atoms in total. The Morgan fingerprint density at radius 1 is 0.800 bits per heavy atom. The molecule has 0 aromatic heterocycles. The van der Waals surface area contributed by atoms with Crippen LogP contribution in [0.15, 0.2) is 60.7 Å². The molecule has 1 aliphatic heterocycles. The lowest BCUT2D eigenvalue weighted by Crippen LogP contribution is -2.59. The third-order valence-corrected chi connectivity index (χ3v) is 9.35. The highest BCUT2D eigenvalue weighted by Crippen LogP contribution is 2.21. The van der Waals surface area contributed by atoms with Crippen LogP contribution < -0.4 is 33.2 Å². The van der Waals surface area contributed by atoms with E-state index in [0.29, 0.717) is 25.8 Å².